The number of primary amides is 3. The third kappa shape index (κ3) is 50.4. The molecule has 0 fully saturated rings. The number of carbonyl (C=O) groups is 22. The maximum Gasteiger partial charge on any atom is 0.326 e. The van der Waals surface area contributed by atoms with E-state index >= 15 is 0 Å². The van der Waals surface area contributed by atoms with Crippen LogP contribution in [0, 0.1) is 22.7 Å². The van der Waals surface area contributed by atoms with E-state index in [9.17, 15) is 136 Å². The number of hydrogen-bond donors (Lipinski definition) is 34. The molecule has 0 saturated heterocycles. The Balaban J connectivity index is 7.29. The van der Waals surface area contributed by atoms with Crippen molar-refractivity contribution in [2.24, 2.45) is 57.7 Å². The summed E-state index contributed by atoms with van der Waals surface area (Å²) in [6.07, 6.45) is -8.24. The molecule has 0 unspecified atom stereocenters. The third-order valence-electron chi connectivity index (χ3n) is 20.6. The lowest BCUT2D eigenvalue weighted by Crippen LogP contribution is -2.62. The van der Waals surface area contributed by atoms with Crippen molar-refractivity contribution in [3.63, 3.8) is 0 Å². The van der Waals surface area contributed by atoms with Gasteiger partial charge in [0.25, 0.3) is 0 Å². The van der Waals surface area contributed by atoms with Gasteiger partial charge in [-0.05, 0) is 155 Å². The zero-order chi connectivity index (χ0) is 105. The monoisotopic (exact) mass is 1980 g/mol. The number of aliphatic carboxylic acids is 3. The first-order chi connectivity index (χ1) is 64.1. The smallest absolute Gasteiger partial charge is 0.326 e. The third-order valence-corrected chi connectivity index (χ3v) is 21.2. The molecule has 56 nitrogen and oxygen atoms in total. The molecule has 0 aromatic rings. The maximum absolute atomic E-state index is 14.5. The number of nitrogens with two attached hydrogens (primary N) is 8. The number of guanidine groups is 2. The fraction of sp³-hybridized carbons (Fsp3) is 0.700. The largest absolute Gasteiger partial charge is 0.481 e. The lowest BCUT2D eigenvalue weighted by Gasteiger charge is -2.30. The summed E-state index contributed by atoms with van der Waals surface area (Å²) < 4.78 is 0. The zero-order valence-electron chi connectivity index (χ0n) is 78.2. The van der Waals surface area contributed by atoms with Gasteiger partial charge in [0.1, 0.15) is 103 Å². The van der Waals surface area contributed by atoms with E-state index in [2.05, 4.69) is 95.7 Å². The molecule has 0 heterocycles. The molecule has 0 aromatic carbocycles. The minimum Gasteiger partial charge on any atom is -0.481 e. The molecular weight excluding hydrogens is 1830 g/mol. The highest BCUT2D eigenvalue weighted by atomic mass is 32.2. The number of amides is 19. The van der Waals surface area contributed by atoms with Crippen LogP contribution in [0.4, 0.5) is 0 Å². The number of hydrogen-bond acceptors (Lipinski definition) is 31. The van der Waals surface area contributed by atoms with Crippen molar-refractivity contribution in [3.05, 3.63) is 0 Å². The maximum atomic E-state index is 14.5. The molecule has 0 radical (unpaired) electrons. The summed E-state index contributed by atoms with van der Waals surface area (Å²) >= 11 is 1.32. The predicted molar refractivity (Wildman–Crippen MR) is 489 cm³/mol. The van der Waals surface area contributed by atoms with Crippen LogP contribution in [0.2, 0.25) is 0 Å². The van der Waals surface area contributed by atoms with Gasteiger partial charge in [-0.1, -0.05) is 34.1 Å². The molecule has 0 aromatic heterocycles. The number of aliphatic hydroxyl groups excluding tert-OH is 3. The molecular formula is C80H142N28O28S. The first-order valence-electron chi connectivity index (χ1n) is 44.2. The van der Waals surface area contributed by atoms with E-state index < -0.39 is 314 Å². The van der Waals surface area contributed by atoms with E-state index in [1.165, 1.54) is 25.6 Å². The quantitative estimate of drug-likeness (QED) is 0.0153. The minimum atomic E-state index is -2.21. The van der Waals surface area contributed by atoms with E-state index in [4.69, 9.17) is 56.7 Å². The first-order valence-corrected chi connectivity index (χ1v) is 45.6. The van der Waals surface area contributed by atoms with Crippen LogP contribution in [0.3, 0.4) is 0 Å². The predicted octanol–water partition coefficient (Wildman–Crippen LogP) is -13.1. The Hall–Kier alpha value is -13.0. The number of aliphatic hydroxyl groups is 3. The summed E-state index contributed by atoms with van der Waals surface area (Å²) in [4.78, 5) is 298. The Bertz CT molecular complexity index is 4120. The van der Waals surface area contributed by atoms with Crippen molar-refractivity contribution in [2.75, 3.05) is 44.8 Å². The van der Waals surface area contributed by atoms with Crippen molar-refractivity contribution in [3.8, 4) is 0 Å². The Morgan fingerprint density at radius 3 is 0.971 bits per heavy atom. The molecule has 20 atom stereocenters. The number of carboxylic acids is 3. The molecule has 0 aliphatic rings. The number of carboxylic acid groups (broad SMARTS) is 3. The molecule has 0 bridgehead atoms. The van der Waals surface area contributed by atoms with Gasteiger partial charge >= 0.3 is 17.9 Å². The number of unbranched alkanes of at least 4 members (excludes halogenated alkanes) is 2. The summed E-state index contributed by atoms with van der Waals surface area (Å²) in [6.45, 7) is 9.82. The van der Waals surface area contributed by atoms with Gasteiger partial charge in [0.2, 0.25) is 112 Å². The van der Waals surface area contributed by atoms with Crippen molar-refractivity contribution < 1.29 is 136 Å². The summed E-state index contributed by atoms with van der Waals surface area (Å²) in [5.41, 5.74) is 44.1. The van der Waals surface area contributed by atoms with E-state index in [0.717, 1.165) is 27.7 Å². The number of nitrogens with one attached hydrogen (secondary N) is 20. The van der Waals surface area contributed by atoms with Gasteiger partial charge in [-0.2, -0.15) is 11.8 Å². The highest BCUT2D eigenvalue weighted by Crippen LogP contribution is 2.16. The molecule has 0 aliphatic carbocycles. The highest BCUT2D eigenvalue weighted by molar-refractivity contribution is 7.98. The Labute approximate surface area is 794 Å². The van der Waals surface area contributed by atoms with Crippen LogP contribution in [0.5, 0.6) is 0 Å². The average molecular weight is 1980 g/mol. The van der Waals surface area contributed by atoms with Crippen LogP contribution in [-0.4, -0.2) is 332 Å². The second kappa shape index (κ2) is 65.6. The Morgan fingerprint density at radius 1 is 0.336 bits per heavy atom. The molecule has 0 aliphatic heterocycles. The number of thioether (sulfide) groups is 1. The van der Waals surface area contributed by atoms with Crippen molar-refractivity contribution in [2.45, 2.75) is 299 Å². The molecule has 137 heavy (non-hydrogen) atoms. The van der Waals surface area contributed by atoms with E-state index in [1.54, 1.807) is 20.1 Å². The van der Waals surface area contributed by atoms with Crippen LogP contribution in [0.25, 0.3) is 0 Å². The summed E-state index contributed by atoms with van der Waals surface area (Å²) in [7, 11) is 0. The molecule has 0 saturated carbocycles. The molecule has 42 N–H and O–H groups in total. The summed E-state index contributed by atoms with van der Waals surface area (Å²) in [6, 6.07) is -29.8. The van der Waals surface area contributed by atoms with Crippen LogP contribution in [0.1, 0.15) is 184 Å². The lowest BCUT2D eigenvalue weighted by molar-refractivity contribution is -0.143. The van der Waals surface area contributed by atoms with E-state index in [0.29, 0.717) is 12.2 Å². The molecule has 0 spiro atoms. The van der Waals surface area contributed by atoms with Crippen LogP contribution in [0.15, 0.2) is 0 Å². The Morgan fingerprint density at radius 2 is 0.635 bits per heavy atom. The molecule has 19 amide bonds. The molecule has 0 rings (SSSR count). The first kappa shape index (κ1) is 124. The van der Waals surface area contributed by atoms with Gasteiger partial charge in [-0.25, -0.2) is 4.79 Å². The van der Waals surface area contributed by atoms with Crippen LogP contribution < -0.4 is 142 Å². The molecule has 57 heteroatoms. The standard InChI is InChI=1S/C80H142N28O28S/c1-10-37(4)59(106-70(127)46(20-16-29-92-80(89)90)101-77(134)61(41(8)111)108-71(128)44(18-12-14-27-82)96-73(130)51(33-56(86)114)103-64(121)42(83)35-109)75(132)104-52(34-58(117)118)74(131)98-48(22-24-57(115)116)66(123)93-38(5)62(119)102-50(32-55(85)113)72(129)97-47(21-23-54(84)112)68(125)95-45(19-15-28-91-79(87)88)65(122)94-39(6)63(120)107-60(40(7)110)76(133)100-43(17-11-13-26-81)67(124)99-49(25-30-137-9)69(126)105-53(78(135)136)31-36(2)3/h36-53,59-61,109-111H,10-35,81-83H2,1-9H3,(H2,84,112)(H2,85,113)(H2,86,114)(H,93,123)(H,94,122)(H,95,125)(H,96,130)(H,97,129)(H,98,131)(H,99,124)(H,100,133)(H,101,134)(H,102,119)(H,103,121)(H,104,132)(H,105,126)(H,106,127)(H,107,120)(H,108,128)(H,115,116)(H,117,118)(H,135,136)(H4,87,88,91)(H4,89,90,92)/t37-,38-,39-,40+,41+,42-,43-,44-,45-,46-,47-,48-,49-,50-,51-,52-,53-,59-,60-,61-/m0/s1. The van der Waals surface area contributed by atoms with Gasteiger partial charge in [0.05, 0.1) is 38.1 Å². The Kier molecular flexibility index (Phi) is 59.4. The van der Waals surface area contributed by atoms with Crippen molar-refractivity contribution >= 4 is 154 Å². The number of carbonyl (C=O) groups excluding carboxylic acids is 19. The van der Waals surface area contributed by atoms with Gasteiger partial charge in [-0.3, -0.25) is 112 Å². The number of rotatable bonds is 71. The van der Waals surface area contributed by atoms with Gasteiger partial charge < -0.3 is 172 Å². The fourth-order valence-corrected chi connectivity index (χ4v) is 13.2. The minimum absolute atomic E-state index is 0.0270. The summed E-state index contributed by atoms with van der Waals surface area (Å²) in [5, 5.41) is 118. The average Bonchev–Trinajstić information content (AvgIpc) is 0.851. The van der Waals surface area contributed by atoms with Crippen LogP contribution >= 0.6 is 11.8 Å². The van der Waals surface area contributed by atoms with E-state index in [1.807, 2.05) is 0 Å². The van der Waals surface area contributed by atoms with E-state index in [-0.39, 0.29) is 109 Å². The van der Waals surface area contributed by atoms with Crippen LogP contribution in [-0.2, 0) is 105 Å². The van der Waals surface area contributed by atoms with Crippen molar-refractivity contribution in [1.29, 1.82) is 10.8 Å². The van der Waals surface area contributed by atoms with Gasteiger partial charge in [0.15, 0.2) is 11.9 Å². The highest BCUT2D eigenvalue weighted by Gasteiger charge is 2.41. The molecule has 776 valence electrons. The van der Waals surface area contributed by atoms with Gasteiger partial charge in [0, 0.05) is 25.9 Å². The zero-order valence-corrected chi connectivity index (χ0v) is 79.0. The SMILES string of the molecule is CC[C@H](C)[C@H](NC(=O)[C@H](CCCNC(=N)N)NC(=O)[C@@H](NC(=O)[C@H](CCCCN)NC(=O)[C@H](CC(N)=O)NC(=O)[C@@H](N)CO)[C@@H](C)O)C(=O)N[C@@H](CC(=O)O)C(=O)N[C@@H](CCC(=O)O)C(=O)N[C@@H](C)C(=O)N[C@@H](CC(N)=O)C(=O)N[C@@H](CCC(N)=O)C(=O)N[C@@H](CCCNC(=N)N)C(=O)N[C@@H](C)C(=O)N[C@H](C(=O)N[C@@H](CCCCN)C(=O)N[C@@H](CCSC)C(=O)N[C@@H](CC(C)C)C(=O)O)[C@@H](C)O. The van der Waals surface area contributed by atoms with Gasteiger partial charge in [-0.15, -0.1) is 0 Å². The lowest BCUT2D eigenvalue weighted by atomic mass is 9.96. The second-order valence-corrected chi connectivity index (χ2v) is 33.9. The second-order valence-electron chi connectivity index (χ2n) is 32.9. The van der Waals surface area contributed by atoms with Crippen molar-refractivity contribution in [1.82, 2.24) is 95.7 Å². The fourth-order valence-electron chi connectivity index (χ4n) is 12.7. The summed E-state index contributed by atoms with van der Waals surface area (Å²) in [5.74, 6) is -29.1. The normalized spacial score (nSPS) is 15.4. The topological polar surface area (TPSA) is 969 Å².